The van der Waals surface area contributed by atoms with Crippen molar-refractivity contribution in [3.63, 3.8) is 0 Å². The van der Waals surface area contributed by atoms with Gasteiger partial charge in [-0.15, -0.1) is 0 Å². The van der Waals surface area contributed by atoms with Crippen LogP contribution in [0.5, 0.6) is 5.75 Å². The van der Waals surface area contributed by atoms with Crippen LogP contribution in [-0.2, 0) is 10.4 Å². The predicted molar refractivity (Wildman–Crippen MR) is 61.9 cm³/mol. The molecule has 5 heteroatoms. The second kappa shape index (κ2) is 3.95. The molecule has 1 aromatic carbocycles. The van der Waals surface area contributed by atoms with E-state index in [4.69, 9.17) is 9.84 Å². The van der Waals surface area contributed by atoms with Gasteiger partial charge < -0.3 is 14.9 Å². The van der Waals surface area contributed by atoms with E-state index < -0.39 is 29.4 Å². The summed E-state index contributed by atoms with van der Waals surface area (Å²) in [6.45, 7) is 3.51. The summed E-state index contributed by atoms with van der Waals surface area (Å²) in [6.07, 6.45) is -0.376. The van der Waals surface area contributed by atoms with E-state index in [1.165, 1.54) is 12.1 Å². The Balaban J connectivity index is 2.54. The van der Waals surface area contributed by atoms with Crippen LogP contribution >= 0.6 is 0 Å². The Bertz CT molecular complexity index is 498. The minimum absolute atomic E-state index is 0.1000. The third kappa shape index (κ3) is 2.31. The van der Waals surface area contributed by atoms with Crippen molar-refractivity contribution in [1.82, 2.24) is 0 Å². The zero-order valence-corrected chi connectivity index (χ0v) is 10.2. The van der Waals surface area contributed by atoms with E-state index >= 15 is 0 Å². The molecule has 0 aliphatic carbocycles. The third-order valence-corrected chi connectivity index (χ3v) is 2.99. The zero-order valence-electron chi connectivity index (χ0n) is 10.2. The van der Waals surface area contributed by atoms with E-state index in [0.717, 1.165) is 6.07 Å². The zero-order chi connectivity index (χ0) is 13.6. The number of aliphatic hydroxyl groups is 1. The number of rotatable bonds is 2. The lowest BCUT2D eigenvalue weighted by Gasteiger charge is -2.42. The molecular formula is C13H15FO4. The summed E-state index contributed by atoms with van der Waals surface area (Å²) in [6, 6.07) is 3.77. The largest absolute Gasteiger partial charge is 0.487 e. The molecule has 1 heterocycles. The number of hydrogen-bond donors (Lipinski definition) is 2. The minimum Gasteiger partial charge on any atom is -0.487 e. The SMILES string of the molecule is CC1(C)CC(O)(CC(=O)O)c2cc(F)ccc2O1. The van der Waals surface area contributed by atoms with Gasteiger partial charge in [0.2, 0.25) is 0 Å². The fourth-order valence-electron chi connectivity index (χ4n) is 2.50. The van der Waals surface area contributed by atoms with Gasteiger partial charge in [0, 0.05) is 12.0 Å². The number of aliphatic carboxylic acids is 1. The number of fused-ring (bicyclic) bond motifs is 1. The molecule has 0 amide bonds. The molecule has 18 heavy (non-hydrogen) atoms. The third-order valence-electron chi connectivity index (χ3n) is 2.99. The maximum atomic E-state index is 13.3. The van der Waals surface area contributed by atoms with Gasteiger partial charge in [-0.1, -0.05) is 0 Å². The summed E-state index contributed by atoms with van der Waals surface area (Å²) < 4.78 is 18.9. The molecule has 0 saturated carbocycles. The van der Waals surface area contributed by atoms with Crippen LogP contribution in [0.3, 0.4) is 0 Å². The van der Waals surface area contributed by atoms with E-state index in [1.54, 1.807) is 13.8 Å². The number of halogens is 1. The predicted octanol–water partition coefficient (Wildman–Crippen LogP) is 2.05. The van der Waals surface area contributed by atoms with Crippen LogP contribution in [0.2, 0.25) is 0 Å². The summed E-state index contributed by atoms with van der Waals surface area (Å²) in [5.74, 6) is -1.33. The molecule has 0 aromatic heterocycles. The molecule has 1 atom stereocenters. The van der Waals surface area contributed by atoms with Gasteiger partial charge >= 0.3 is 5.97 Å². The highest BCUT2D eigenvalue weighted by Gasteiger charge is 2.45. The number of carboxylic acid groups (broad SMARTS) is 1. The highest BCUT2D eigenvalue weighted by Crippen LogP contribution is 2.45. The quantitative estimate of drug-likeness (QED) is 0.847. The number of ether oxygens (including phenoxy) is 1. The van der Waals surface area contributed by atoms with Gasteiger partial charge in [0.05, 0.1) is 6.42 Å². The van der Waals surface area contributed by atoms with Crippen LogP contribution in [0, 0.1) is 5.82 Å². The molecule has 4 nitrogen and oxygen atoms in total. The summed E-state index contributed by atoms with van der Waals surface area (Å²) in [5.41, 5.74) is -2.11. The van der Waals surface area contributed by atoms with Crippen molar-refractivity contribution in [3.05, 3.63) is 29.6 Å². The van der Waals surface area contributed by atoms with E-state index in [1.807, 2.05) is 0 Å². The van der Waals surface area contributed by atoms with Gasteiger partial charge in [-0.25, -0.2) is 4.39 Å². The summed E-state index contributed by atoms with van der Waals surface area (Å²) >= 11 is 0. The molecule has 2 N–H and O–H groups in total. The fourth-order valence-corrected chi connectivity index (χ4v) is 2.50. The van der Waals surface area contributed by atoms with Gasteiger partial charge in [-0.2, -0.15) is 0 Å². The second-order valence-corrected chi connectivity index (χ2v) is 5.28. The second-order valence-electron chi connectivity index (χ2n) is 5.28. The highest BCUT2D eigenvalue weighted by molar-refractivity contribution is 5.69. The Kier molecular flexibility index (Phi) is 2.81. The Morgan fingerprint density at radius 1 is 1.50 bits per heavy atom. The van der Waals surface area contributed by atoms with E-state index in [0.29, 0.717) is 5.75 Å². The number of hydrogen-bond acceptors (Lipinski definition) is 3. The number of carboxylic acids is 1. The molecule has 0 fully saturated rings. The summed E-state index contributed by atoms with van der Waals surface area (Å²) in [4.78, 5) is 10.9. The lowest BCUT2D eigenvalue weighted by Crippen LogP contribution is -2.45. The Morgan fingerprint density at radius 2 is 2.17 bits per heavy atom. The van der Waals surface area contributed by atoms with E-state index in [-0.39, 0.29) is 12.0 Å². The lowest BCUT2D eigenvalue weighted by molar-refractivity contribution is -0.147. The first-order chi connectivity index (χ1) is 8.22. The molecule has 1 aliphatic rings. The van der Waals surface area contributed by atoms with Crippen molar-refractivity contribution in [2.45, 2.75) is 37.9 Å². The van der Waals surface area contributed by atoms with Crippen molar-refractivity contribution in [3.8, 4) is 5.75 Å². The van der Waals surface area contributed by atoms with Gasteiger partial charge in [0.1, 0.15) is 22.8 Å². The van der Waals surface area contributed by atoms with Gasteiger partial charge in [0.25, 0.3) is 0 Å². The Morgan fingerprint density at radius 3 is 2.78 bits per heavy atom. The van der Waals surface area contributed by atoms with Crippen molar-refractivity contribution >= 4 is 5.97 Å². The molecule has 1 aliphatic heterocycles. The first-order valence-electron chi connectivity index (χ1n) is 5.65. The Labute approximate surface area is 104 Å². The van der Waals surface area contributed by atoms with Crippen molar-refractivity contribution in [2.75, 3.05) is 0 Å². The van der Waals surface area contributed by atoms with Crippen LogP contribution in [0.4, 0.5) is 4.39 Å². The van der Waals surface area contributed by atoms with Crippen molar-refractivity contribution < 1.29 is 24.1 Å². The van der Waals surface area contributed by atoms with Crippen LogP contribution in [0.25, 0.3) is 0 Å². The first-order valence-corrected chi connectivity index (χ1v) is 5.65. The smallest absolute Gasteiger partial charge is 0.306 e. The van der Waals surface area contributed by atoms with Gasteiger partial charge in [0.15, 0.2) is 0 Å². The van der Waals surface area contributed by atoms with Gasteiger partial charge in [-0.05, 0) is 32.0 Å². The molecule has 0 spiro atoms. The molecule has 0 bridgehead atoms. The van der Waals surface area contributed by atoms with E-state index in [9.17, 15) is 14.3 Å². The summed E-state index contributed by atoms with van der Waals surface area (Å²) in [5, 5.41) is 19.4. The fraction of sp³-hybridized carbons (Fsp3) is 0.462. The molecule has 2 rings (SSSR count). The maximum absolute atomic E-state index is 13.3. The molecule has 0 saturated heterocycles. The summed E-state index contributed by atoms with van der Waals surface area (Å²) in [7, 11) is 0. The topological polar surface area (TPSA) is 66.8 Å². The molecule has 98 valence electrons. The number of carbonyl (C=O) groups is 1. The van der Waals surface area contributed by atoms with Crippen molar-refractivity contribution in [2.24, 2.45) is 0 Å². The molecule has 1 aromatic rings. The average Bonchev–Trinajstić information content (AvgIpc) is 2.16. The normalized spacial score (nSPS) is 25.1. The van der Waals surface area contributed by atoms with Gasteiger partial charge in [-0.3, -0.25) is 4.79 Å². The lowest BCUT2D eigenvalue weighted by atomic mass is 9.78. The Hall–Kier alpha value is -1.62. The monoisotopic (exact) mass is 254 g/mol. The maximum Gasteiger partial charge on any atom is 0.306 e. The molecule has 0 radical (unpaired) electrons. The average molecular weight is 254 g/mol. The minimum atomic E-state index is -1.61. The first kappa shape index (κ1) is 12.8. The molecule has 1 unspecified atom stereocenters. The number of benzene rings is 1. The van der Waals surface area contributed by atoms with Crippen LogP contribution in [0.15, 0.2) is 18.2 Å². The van der Waals surface area contributed by atoms with Crippen LogP contribution < -0.4 is 4.74 Å². The van der Waals surface area contributed by atoms with E-state index in [2.05, 4.69) is 0 Å². The van der Waals surface area contributed by atoms with Crippen molar-refractivity contribution in [1.29, 1.82) is 0 Å². The van der Waals surface area contributed by atoms with Crippen LogP contribution in [0.1, 0.15) is 32.3 Å². The van der Waals surface area contributed by atoms with Crippen LogP contribution in [-0.4, -0.2) is 21.8 Å². The molecular weight excluding hydrogens is 239 g/mol. The standard InChI is InChI=1S/C13H15FO4/c1-12(2)7-13(17,6-11(15)16)9-5-8(14)3-4-10(9)18-12/h3-5,17H,6-7H2,1-2H3,(H,15,16). The highest BCUT2D eigenvalue weighted by atomic mass is 19.1.